The summed E-state index contributed by atoms with van der Waals surface area (Å²) in [6, 6.07) is 4.54. The van der Waals surface area contributed by atoms with Crippen LogP contribution in [-0.2, 0) is 6.54 Å². The number of phenolic OH excluding ortho intramolecular Hbond substituents is 1. The molecule has 0 saturated carbocycles. The summed E-state index contributed by atoms with van der Waals surface area (Å²) < 4.78 is 5.91. The molecule has 3 heterocycles. The van der Waals surface area contributed by atoms with Crippen LogP contribution in [0.2, 0.25) is 0 Å². The maximum absolute atomic E-state index is 10.6. The van der Waals surface area contributed by atoms with E-state index in [9.17, 15) is 5.11 Å². The fraction of sp³-hybridized carbons (Fsp3) is 0.545. The zero-order valence-corrected chi connectivity index (χ0v) is 17.1. The van der Waals surface area contributed by atoms with Crippen molar-refractivity contribution >= 4 is 0 Å². The van der Waals surface area contributed by atoms with E-state index in [2.05, 4.69) is 32.9 Å². The van der Waals surface area contributed by atoms with Crippen molar-refractivity contribution in [3.63, 3.8) is 0 Å². The van der Waals surface area contributed by atoms with Crippen molar-refractivity contribution < 1.29 is 9.84 Å². The van der Waals surface area contributed by atoms with Gasteiger partial charge in [0, 0.05) is 43.0 Å². The van der Waals surface area contributed by atoms with Crippen LogP contribution in [0.5, 0.6) is 11.5 Å². The quantitative estimate of drug-likeness (QED) is 0.877. The lowest BCUT2D eigenvalue weighted by Gasteiger charge is -2.24. The fourth-order valence-corrected chi connectivity index (χ4v) is 4.37. The molecule has 2 aliphatic rings. The molecule has 2 aromatic rings. The third-order valence-electron chi connectivity index (χ3n) is 5.99. The number of ether oxygens (including phenoxy) is 1. The third kappa shape index (κ3) is 3.98. The number of likely N-dealkylation sites (tertiary alicyclic amines) is 1. The Labute approximate surface area is 167 Å². The van der Waals surface area contributed by atoms with Crippen LogP contribution in [0, 0.1) is 13.8 Å². The van der Waals surface area contributed by atoms with E-state index in [1.54, 1.807) is 12.3 Å². The molecule has 1 fully saturated rings. The summed E-state index contributed by atoms with van der Waals surface area (Å²) in [5.41, 5.74) is 4.47. The van der Waals surface area contributed by atoms with Gasteiger partial charge in [0.1, 0.15) is 6.61 Å². The minimum Gasteiger partial charge on any atom is -0.504 e. The number of benzene rings is 1. The number of hydrogen-bond donors (Lipinski definition) is 1. The van der Waals surface area contributed by atoms with Crippen LogP contribution in [-0.4, -0.2) is 64.2 Å². The Morgan fingerprint density at radius 1 is 1.25 bits per heavy atom. The first-order valence-corrected chi connectivity index (χ1v) is 10.2. The molecule has 2 aliphatic heterocycles. The lowest BCUT2D eigenvalue weighted by Crippen LogP contribution is -2.32. The molecule has 1 aromatic heterocycles. The van der Waals surface area contributed by atoms with E-state index < -0.39 is 0 Å². The topological polar surface area (TPSA) is 61.7 Å². The highest BCUT2D eigenvalue weighted by Gasteiger charge is 2.24. The van der Waals surface area contributed by atoms with Crippen molar-refractivity contribution in [1.82, 2.24) is 19.8 Å². The van der Waals surface area contributed by atoms with Crippen LogP contribution >= 0.6 is 0 Å². The summed E-state index contributed by atoms with van der Waals surface area (Å²) in [4.78, 5) is 14.0. The monoisotopic (exact) mass is 382 g/mol. The van der Waals surface area contributed by atoms with Crippen LogP contribution in [0.15, 0.2) is 18.3 Å². The molecular formula is C22H30N4O2. The van der Waals surface area contributed by atoms with Gasteiger partial charge in [-0.3, -0.25) is 9.88 Å². The van der Waals surface area contributed by atoms with Gasteiger partial charge < -0.3 is 14.7 Å². The van der Waals surface area contributed by atoms with Gasteiger partial charge >= 0.3 is 0 Å². The minimum absolute atomic E-state index is 0.188. The lowest BCUT2D eigenvalue weighted by atomic mass is 10.0. The zero-order valence-electron chi connectivity index (χ0n) is 17.1. The molecule has 150 valence electrons. The smallest absolute Gasteiger partial charge is 0.165 e. The molecule has 6 heteroatoms. The Balaban J connectivity index is 1.57. The number of aromatic hydroxyl groups is 1. The molecule has 4 rings (SSSR count). The first-order valence-electron chi connectivity index (χ1n) is 10.2. The van der Waals surface area contributed by atoms with E-state index in [1.807, 2.05) is 13.8 Å². The molecule has 0 unspecified atom stereocenters. The van der Waals surface area contributed by atoms with Crippen LogP contribution < -0.4 is 4.74 Å². The highest BCUT2D eigenvalue weighted by atomic mass is 16.5. The SMILES string of the molecule is Cc1cnc(C)c(-c2cc(O)c3c(c2)CN(CC[C@@H]2CCCN2C)CCO3)n1. The molecule has 0 radical (unpaired) electrons. The Hall–Kier alpha value is -2.18. The Kier molecular flexibility index (Phi) is 5.51. The molecule has 0 bridgehead atoms. The standard InChI is InChI=1S/C22H30N4O2/c1-15-13-23-16(2)21(24-15)17-11-18-14-26(8-6-19-5-4-7-25(19)3)9-10-28-22(18)20(27)12-17/h11-13,19,27H,4-10,14H2,1-3H3/t19-/m0/s1. The molecule has 6 nitrogen and oxygen atoms in total. The predicted octanol–water partition coefficient (Wildman–Crippen LogP) is 3.14. The van der Waals surface area contributed by atoms with Gasteiger partial charge in [0.25, 0.3) is 0 Å². The maximum atomic E-state index is 10.6. The van der Waals surface area contributed by atoms with Crippen molar-refractivity contribution in [2.45, 2.75) is 45.7 Å². The van der Waals surface area contributed by atoms with Crippen molar-refractivity contribution in [1.29, 1.82) is 0 Å². The lowest BCUT2D eigenvalue weighted by molar-refractivity contribution is 0.197. The number of nitrogens with zero attached hydrogens (tertiary/aromatic N) is 4. The van der Waals surface area contributed by atoms with Crippen molar-refractivity contribution in [3.8, 4) is 22.8 Å². The fourth-order valence-electron chi connectivity index (χ4n) is 4.37. The predicted molar refractivity (Wildman–Crippen MR) is 110 cm³/mol. The second-order valence-corrected chi connectivity index (χ2v) is 8.12. The van der Waals surface area contributed by atoms with Crippen molar-refractivity contribution in [2.24, 2.45) is 0 Å². The number of rotatable bonds is 4. The highest BCUT2D eigenvalue weighted by Crippen LogP contribution is 2.37. The summed E-state index contributed by atoms with van der Waals surface area (Å²) in [5.74, 6) is 0.801. The second-order valence-electron chi connectivity index (χ2n) is 8.12. The number of phenols is 1. The molecule has 0 aliphatic carbocycles. The Morgan fingerprint density at radius 3 is 2.89 bits per heavy atom. The average molecular weight is 383 g/mol. The van der Waals surface area contributed by atoms with E-state index in [0.29, 0.717) is 18.4 Å². The molecule has 0 spiro atoms. The number of fused-ring (bicyclic) bond motifs is 1. The average Bonchev–Trinajstić information content (AvgIpc) is 2.95. The second kappa shape index (κ2) is 8.05. The normalized spacial score (nSPS) is 20.6. The number of hydrogen-bond acceptors (Lipinski definition) is 6. The molecular weight excluding hydrogens is 352 g/mol. The molecule has 1 saturated heterocycles. The maximum Gasteiger partial charge on any atom is 0.165 e. The van der Waals surface area contributed by atoms with Crippen LogP contribution in [0.4, 0.5) is 0 Å². The van der Waals surface area contributed by atoms with E-state index in [-0.39, 0.29) is 5.75 Å². The number of aryl methyl sites for hydroxylation is 2. The summed E-state index contributed by atoms with van der Waals surface area (Å²) in [7, 11) is 2.23. The molecule has 0 amide bonds. The van der Waals surface area contributed by atoms with Gasteiger partial charge in [-0.2, -0.15) is 0 Å². The van der Waals surface area contributed by atoms with Gasteiger partial charge in [-0.15, -0.1) is 0 Å². The van der Waals surface area contributed by atoms with Crippen LogP contribution in [0.3, 0.4) is 0 Å². The van der Waals surface area contributed by atoms with Gasteiger partial charge in [0.2, 0.25) is 0 Å². The molecule has 1 aromatic carbocycles. The van der Waals surface area contributed by atoms with E-state index in [4.69, 9.17) is 4.74 Å². The van der Waals surface area contributed by atoms with Gasteiger partial charge in [-0.05, 0) is 58.8 Å². The van der Waals surface area contributed by atoms with Crippen LogP contribution in [0.25, 0.3) is 11.3 Å². The third-order valence-corrected chi connectivity index (χ3v) is 5.99. The first kappa shape index (κ1) is 19.2. The van der Waals surface area contributed by atoms with Gasteiger partial charge in [0.15, 0.2) is 11.5 Å². The Morgan fingerprint density at radius 2 is 2.11 bits per heavy atom. The van der Waals surface area contributed by atoms with E-state index in [1.165, 1.54) is 25.8 Å². The number of aromatic nitrogens is 2. The summed E-state index contributed by atoms with van der Waals surface area (Å²) in [5, 5.41) is 10.6. The first-order chi connectivity index (χ1) is 13.5. The van der Waals surface area contributed by atoms with E-state index in [0.717, 1.165) is 47.8 Å². The van der Waals surface area contributed by atoms with E-state index >= 15 is 0 Å². The van der Waals surface area contributed by atoms with Crippen molar-refractivity contribution in [2.75, 3.05) is 33.3 Å². The van der Waals surface area contributed by atoms with Gasteiger partial charge in [0.05, 0.1) is 17.1 Å². The molecule has 1 atom stereocenters. The summed E-state index contributed by atoms with van der Waals surface area (Å²) in [6.07, 6.45) is 5.56. The zero-order chi connectivity index (χ0) is 19.7. The molecule has 1 N–H and O–H groups in total. The Bertz CT molecular complexity index is 855. The molecule has 28 heavy (non-hydrogen) atoms. The minimum atomic E-state index is 0.188. The largest absolute Gasteiger partial charge is 0.504 e. The summed E-state index contributed by atoms with van der Waals surface area (Å²) >= 11 is 0. The van der Waals surface area contributed by atoms with Crippen molar-refractivity contribution in [3.05, 3.63) is 35.3 Å². The summed E-state index contributed by atoms with van der Waals surface area (Å²) in [6.45, 7) is 8.41. The van der Waals surface area contributed by atoms with Crippen LogP contribution in [0.1, 0.15) is 36.2 Å². The highest BCUT2D eigenvalue weighted by molar-refractivity contribution is 5.67. The van der Waals surface area contributed by atoms with Gasteiger partial charge in [-0.25, -0.2) is 4.98 Å². The van der Waals surface area contributed by atoms with Gasteiger partial charge in [-0.1, -0.05) is 0 Å².